The van der Waals surface area contributed by atoms with Gasteiger partial charge in [-0.05, 0) is 11.6 Å². The number of nitrogens with one attached hydrogen (secondary N) is 1. The van der Waals surface area contributed by atoms with E-state index < -0.39 is 0 Å². The molecule has 0 spiro atoms. The van der Waals surface area contributed by atoms with Crippen LogP contribution in [0.25, 0.3) is 0 Å². The number of ether oxygens (including phenoxy) is 1. The maximum Gasteiger partial charge on any atom is 0.233 e. The minimum Gasteiger partial charge on any atom is -0.378 e. The molecule has 2 aliphatic rings. The van der Waals surface area contributed by atoms with Crippen molar-refractivity contribution in [2.24, 2.45) is 0 Å². The van der Waals surface area contributed by atoms with Crippen LogP contribution in [0, 0.1) is 0 Å². The number of rotatable bonds is 5. The quantitative estimate of drug-likeness (QED) is 0.813. The molecular weight excluding hydrogens is 374 g/mol. The number of thioether (sulfide) groups is 1. The molecule has 3 rings (SSSR count). The lowest BCUT2D eigenvalue weighted by Gasteiger charge is -2.37. The molecule has 26 heavy (non-hydrogen) atoms. The Balaban J connectivity index is 1.54. The molecule has 0 saturated carbocycles. The number of hydrogen-bond acceptors (Lipinski definition) is 5. The van der Waals surface area contributed by atoms with Gasteiger partial charge in [-0.25, -0.2) is 0 Å². The molecule has 0 radical (unpaired) electrons. The summed E-state index contributed by atoms with van der Waals surface area (Å²) in [4.78, 5) is 28.6. The Morgan fingerprint density at radius 2 is 1.88 bits per heavy atom. The summed E-state index contributed by atoms with van der Waals surface area (Å²) in [5.74, 6) is 0.760. The van der Waals surface area contributed by atoms with Gasteiger partial charge in [-0.1, -0.05) is 29.8 Å². The Labute approximate surface area is 163 Å². The van der Waals surface area contributed by atoms with Crippen LogP contribution in [0.3, 0.4) is 0 Å². The number of carbonyl (C=O) groups excluding carboxylic acids is 2. The van der Waals surface area contributed by atoms with E-state index in [0.717, 1.165) is 12.1 Å². The largest absolute Gasteiger partial charge is 0.378 e. The highest BCUT2D eigenvalue weighted by atomic mass is 35.5. The number of amides is 2. The topological polar surface area (TPSA) is 61.9 Å². The fourth-order valence-electron chi connectivity index (χ4n) is 3.24. The van der Waals surface area contributed by atoms with E-state index in [1.165, 1.54) is 11.8 Å². The summed E-state index contributed by atoms with van der Waals surface area (Å²) in [7, 11) is 0. The third kappa shape index (κ3) is 4.91. The highest BCUT2D eigenvalue weighted by molar-refractivity contribution is 8.00. The van der Waals surface area contributed by atoms with Crippen molar-refractivity contribution in [2.75, 3.05) is 57.4 Å². The average molecular weight is 398 g/mol. The molecular formula is C18H24ClN3O3S. The van der Waals surface area contributed by atoms with Crippen molar-refractivity contribution in [3.63, 3.8) is 0 Å². The SMILES string of the molecule is O=C(CSCC(=O)N1CCNCC1c1ccccc1Cl)N1CCOCC1. The van der Waals surface area contributed by atoms with Crippen molar-refractivity contribution < 1.29 is 14.3 Å². The second-order valence-electron chi connectivity index (χ2n) is 6.31. The van der Waals surface area contributed by atoms with E-state index in [4.69, 9.17) is 16.3 Å². The van der Waals surface area contributed by atoms with Gasteiger partial charge < -0.3 is 19.9 Å². The van der Waals surface area contributed by atoms with Gasteiger partial charge in [0.1, 0.15) is 0 Å². The third-order valence-corrected chi connectivity index (χ3v) is 5.89. The first-order valence-electron chi connectivity index (χ1n) is 8.84. The van der Waals surface area contributed by atoms with Crippen molar-refractivity contribution >= 4 is 35.2 Å². The van der Waals surface area contributed by atoms with Gasteiger partial charge in [0.2, 0.25) is 11.8 Å². The van der Waals surface area contributed by atoms with Crippen LogP contribution in [0.5, 0.6) is 0 Å². The van der Waals surface area contributed by atoms with E-state index in [0.29, 0.717) is 55.9 Å². The molecule has 0 bridgehead atoms. The molecule has 2 aliphatic heterocycles. The van der Waals surface area contributed by atoms with Gasteiger partial charge in [0.25, 0.3) is 0 Å². The monoisotopic (exact) mass is 397 g/mol. The van der Waals surface area contributed by atoms with Gasteiger partial charge in [0.15, 0.2) is 0 Å². The molecule has 142 valence electrons. The first-order chi connectivity index (χ1) is 12.7. The van der Waals surface area contributed by atoms with Gasteiger partial charge in [0.05, 0.1) is 30.8 Å². The Kier molecular flexibility index (Phi) is 7.19. The van der Waals surface area contributed by atoms with Crippen LogP contribution in [-0.4, -0.2) is 79.1 Å². The number of benzene rings is 1. The van der Waals surface area contributed by atoms with Crippen LogP contribution in [0.15, 0.2) is 24.3 Å². The summed E-state index contributed by atoms with van der Waals surface area (Å²) < 4.78 is 5.26. The van der Waals surface area contributed by atoms with Gasteiger partial charge in [-0.2, -0.15) is 0 Å². The van der Waals surface area contributed by atoms with Gasteiger partial charge >= 0.3 is 0 Å². The maximum atomic E-state index is 12.7. The zero-order valence-electron chi connectivity index (χ0n) is 14.7. The van der Waals surface area contributed by atoms with E-state index in [-0.39, 0.29) is 17.9 Å². The molecule has 1 aromatic rings. The zero-order valence-corrected chi connectivity index (χ0v) is 16.2. The molecule has 0 aromatic heterocycles. The lowest BCUT2D eigenvalue weighted by Crippen LogP contribution is -2.49. The molecule has 1 unspecified atom stereocenters. The van der Waals surface area contributed by atoms with Crippen LogP contribution < -0.4 is 5.32 Å². The second kappa shape index (κ2) is 9.60. The lowest BCUT2D eigenvalue weighted by atomic mass is 10.0. The number of halogens is 1. The Bertz CT molecular complexity index is 640. The van der Waals surface area contributed by atoms with Crippen molar-refractivity contribution in [1.29, 1.82) is 0 Å². The summed E-state index contributed by atoms with van der Waals surface area (Å²) in [6.45, 7) is 4.56. The summed E-state index contributed by atoms with van der Waals surface area (Å²) in [6.07, 6.45) is 0. The van der Waals surface area contributed by atoms with Crippen LogP contribution in [0.2, 0.25) is 5.02 Å². The first kappa shape index (κ1) is 19.5. The number of hydrogen-bond donors (Lipinski definition) is 1. The molecule has 8 heteroatoms. The molecule has 0 aliphatic carbocycles. The lowest BCUT2D eigenvalue weighted by molar-refractivity contribution is -0.132. The Morgan fingerprint density at radius 3 is 2.65 bits per heavy atom. The molecule has 1 atom stereocenters. The van der Waals surface area contributed by atoms with Crippen LogP contribution >= 0.6 is 23.4 Å². The third-order valence-electron chi connectivity index (χ3n) is 4.64. The van der Waals surface area contributed by atoms with E-state index in [1.807, 2.05) is 29.2 Å². The molecule has 1 N–H and O–H groups in total. The summed E-state index contributed by atoms with van der Waals surface area (Å²) in [5, 5.41) is 4.01. The summed E-state index contributed by atoms with van der Waals surface area (Å²) in [6, 6.07) is 7.58. The molecule has 2 amide bonds. The van der Waals surface area contributed by atoms with Crippen molar-refractivity contribution in [3.05, 3.63) is 34.9 Å². The Morgan fingerprint density at radius 1 is 1.15 bits per heavy atom. The van der Waals surface area contributed by atoms with E-state index in [1.54, 1.807) is 4.90 Å². The molecule has 2 saturated heterocycles. The number of carbonyl (C=O) groups is 2. The average Bonchev–Trinajstić information content (AvgIpc) is 2.69. The van der Waals surface area contributed by atoms with Crippen LogP contribution in [-0.2, 0) is 14.3 Å². The maximum absolute atomic E-state index is 12.7. The van der Waals surface area contributed by atoms with E-state index >= 15 is 0 Å². The summed E-state index contributed by atoms with van der Waals surface area (Å²) in [5.41, 5.74) is 0.962. The number of nitrogens with zero attached hydrogens (tertiary/aromatic N) is 2. The number of morpholine rings is 1. The van der Waals surface area contributed by atoms with E-state index in [2.05, 4.69) is 5.32 Å². The molecule has 6 nitrogen and oxygen atoms in total. The minimum absolute atomic E-state index is 0.0520. The standard InChI is InChI=1S/C18H24ClN3O3S/c19-15-4-2-1-3-14(15)16-11-20-5-6-22(16)18(24)13-26-12-17(23)21-7-9-25-10-8-21/h1-4,16,20H,5-13H2. The second-order valence-corrected chi connectivity index (χ2v) is 7.71. The van der Waals surface area contributed by atoms with Crippen molar-refractivity contribution in [2.45, 2.75) is 6.04 Å². The molecule has 2 fully saturated rings. The predicted molar refractivity (Wildman–Crippen MR) is 103 cm³/mol. The highest BCUT2D eigenvalue weighted by Gasteiger charge is 2.29. The van der Waals surface area contributed by atoms with Crippen LogP contribution in [0.4, 0.5) is 0 Å². The van der Waals surface area contributed by atoms with Crippen molar-refractivity contribution in [1.82, 2.24) is 15.1 Å². The zero-order chi connectivity index (χ0) is 18.4. The summed E-state index contributed by atoms with van der Waals surface area (Å²) >= 11 is 7.71. The predicted octanol–water partition coefficient (Wildman–Crippen LogP) is 1.40. The van der Waals surface area contributed by atoms with Crippen molar-refractivity contribution in [3.8, 4) is 0 Å². The fraction of sp³-hybridized carbons (Fsp3) is 0.556. The first-order valence-corrected chi connectivity index (χ1v) is 10.4. The fourth-order valence-corrected chi connectivity index (χ4v) is 4.30. The van der Waals surface area contributed by atoms with Gasteiger partial charge in [-0.3, -0.25) is 9.59 Å². The van der Waals surface area contributed by atoms with Gasteiger partial charge in [0, 0.05) is 37.7 Å². The highest BCUT2D eigenvalue weighted by Crippen LogP contribution is 2.29. The normalized spacial score (nSPS) is 20.9. The Hall–Kier alpha value is -1.28. The molecule has 1 aromatic carbocycles. The minimum atomic E-state index is -0.0690. The van der Waals surface area contributed by atoms with Crippen LogP contribution in [0.1, 0.15) is 11.6 Å². The van der Waals surface area contributed by atoms with Gasteiger partial charge in [-0.15, -0.1) is 11.8 Å². The molecule has 2 heterocycles. The number of piperazine rings is 1. The smallest absolute Gasteiger partial charge is 0.233 e. The van der Waals surface area contributed by atoms with E-state index in [9.17, 15) is 9.59 Å².